The fraction of sp³-hybridized carbons (Fsp3) is 0.474. The van der Waals surface area contributed by atoms with Gasteiger partial charge in [-0.3, -0.25) is 0 Å². The number of amides is 2. The van der Waals surface area contributed by atoms with Gasteiger partial charge < -0.3 is 14.7 Å². The molecule has 5 nitrogen and oxygen atoms in total. The molecule has 1 aromatic carbocycles. The number of hydrogen-bond acceptors (Lipinski definition) is 3. The number of rotatable bonds is 3. The second-order valence-corrected chi connectivity index (χ2v) is 6.91. The van der Waals surface area contributed by atoms with Crippen LogP contribution in [0.3, 0.4) is 0 Å². The summed E-state index contributed by atoms with van der Waals surface area (Å²) in [5.74, 6) is 1.16. The Morgan fingerprint density at radius 1 is 1.33 bits per heavy atom. The van der Waals surface area contributed by atoms with Crippen LogP contribution in [0.15, 0.2) is 28.8 Å². The predicted octanol–water partition coefficient (Wildman–Crippen LogP) is 4.78. The number of aryl methyl sites for hydroxylation is 2. The van der Waals surface area contributed by atoms with Gasteiger partial charge in [0.15, 0.2) is 0 Å². The second kappa shape index (κ2) is 6.67. The van der Waals surface area contributed by atoms with Gasteiger partial charge >= 0.3 is 6.03 Å². The summed E-state index contributed by atoms with van der Waals surface area (Å²) in [6, 6.07) is 7.99. The fourth-order valence-electron chi connectivity index (χ4n) is 3.11. The van der Waals surface area contributed by atoms with E-state index in [-0.39, 0.29) is 12.1 Å². The van der Waals surface area contributed by atoms with Crippen LogP contribution in [0.4, 0.5) is 10.5 Å². The summed E-state index contributed by atoms with van der Waals surface area (Å²) in [5, 5.41) is 7.25. The van der Waals surface area contributed by atoms with Crippen molar-refractivity contribution in [2.24, 2.45) is 0 Å². The van der Waals surface area contributed by atoms with Crippen molar-refractivity contribution in [3.63, 3.8) is 0 Å². The van der Waals surface area contributed by atoms with E-state index in [4.69, 9.17) is 4.52 Å². The minimum absolute atomic E-state index is 0.00800. The number of carbonyl (C=O) groups excluding carboxylic acids is 1. The number of urea groups is 1. The molecule has 1 saturated heterocycles. The van der Waals surface area contributed by atoms with Crippen molar-refractivity contribution < 1.29 is 9.32 Å². The Labute approximate surface area is 143 Å². The molecule has 2 aromatic rings. The number of anilines is 1. The Morgan fingerprint density at radius 2 is 2.12 bits per heavy atom. The molecule has 1 unspecified atom stereocenters. The molecule has 2 heterocycles. The van der Waals surface area contributed by atoms with Crippen LogP contribution in [0.1, 0.15) is 61.2 Å². The monoisotopic (exact) mass is 327 g/mol. The van der Waals surface area contributed by atoms with Crippen LogP contribution in [-0.2, 0) is 0 Å². The van der Waals surface area contributed by atoms with Crippen LogP contribution in [-0.4, -0.2) is 22.6 Å². The van der Waals surface area contributed by atoms with E-state index in [0.717, 1.165) is 47.7 Å². The average molecular weight is 327 g/mol. The number of likely N-dealkylation sites (tertiary alicyclic amines) is 1. The number of carbonyl (C=O) groups is 1. The quantitative estimate of drug-likeness (QED) is 0.882. The molecule has 0 aliphatic carbocycles. The molecule has 1 N–H and O–H groups in total. The number of nitrogens with zero attached hydrogens (tertiary/aromatic N) is 2. The van der Waals surface area contributed by atoms with Gasteiger partial charge in [0.1, 0.15) is 11.5 Å². The third kappa shape index (κ3) is 3.30. The van der Waals surface area contributed by atoms with Crippen molar-refractivity contribution in [3.8, 4) is 0 Å². The third-order valence-corrected chi connectivity index (χ3v) is 4.61. The SMILES string of the molecule is Cc1ccc(C)c(NC(=O)N2CCCC2c2cc(C(C)C)on2)c1. The van der Waals surface area contributed by atoms with Crippen molar-refractivity contribution in [3.05, 3.63) is 46.8 Å². The summed E-state index contributed by atoms with van der Waals surface area (Å²) in [6.07, 6.45) is 1.90. The first-order chi connectivity index (χ1) is 11.5. The zero-order valence-electron chi connectivity index (χ0n) is 14.8. The molecule has 0 bridgehead atoms. The van der Waals surface area contributed by atoms with Gasteiger partial charge in [0.2, 0.25) is 0 Å². The van der Waals surface area contributed by atoms with Crippen LogP contribution in [0, 0.1) is 13.8 Å². The number of benzene rings is 1. The van der Waals surface area contributed by atoms with E-state index in [9.17, 15) is 4.79 Å². The van der Waals surface area contributed by atoms with Crippen LogP contribution < -0.4 is 5.32 Å². The summed E-state index contributed by atoms with van der Waals surface area (Å²) in [7, 11) is 0. The zero-order chi connectivity index (χ0) is 17.3. The highest BCUT2D eigenvalue weighted by Gasteiger charge is 2.32. The normalized spacial score (nSPS) is 17.5. The van der Waals surface area contributed by atoms with E-state index in [2.05, 4.69) is 24.3 Å². The third-order valence-electron chi connectivity index (χ3n) is 4.61. The van der Waals surface area contributed by atoms with Crippen molar-refractivity contribution in [1.82, 2.24) is 10.1 Å². The molecule has 1 atom stereocenters. The molecule has 1 fully saturated rings. The smallest absolute Gasteiger partial charge is 0.322 e. The molecule has 3 rings (SSSR count). The van der Waals surface area contributed by atoms with E-state index < -0.39 is 0 Å². The molecule has 0 spiro atoms. The highest BCUT2D eigenvalue weighted by molar-refractivity contribution is 5.90. The Balaban J connectivity index is 1.77. The first-order valence-electron chi connectivity index (χ1n) is 8.57. The van der Waals surface area contributed by atoms with Gasteiger partial charge in [-0.15, -0.1) is 0 Å². The van der Waals surface area contributed by atoms with E-state index in [1.165, 1.54) is 0 Å². The fourth-order valence-corrected chi connectivity index (χ4v) is 3.11. The molecular formula is C19H25N3O2. The first kappa shape index (κ1) is 16.6. The lowest BCUT2D eigenvalue weighted by Gasteiger charge is -2.24. The molecule has 0 radical (unpaired) electrons. The van der Waals surface area contributed by atoms with Gasteiger partial charge in [0.05, 0.1) is 6.04 Å². The van der Waals surface area contributed by atoms with E-state index in [0.29, 0.717) is 5.92 Å². The highest BCUT2D eigenvalue weighted by atomic mass is 16.5. The molecule has 2 amide bonds. The first-order valence-corrected chi connectivity index (χ1v) is 8.57. The highest BCUT2D eigenvalue weighted by Crippen LogP contribution is 2.33. The van der Waals surface area contributed by atoms with E-state index >= 15 is 0 Å². The molecular weight excluding hydrogens is 302 g/mol. The number of nitrogens with one attached hydrogen (secondary N) is 1. The maximum absolute atomic E-state index is 12.8. The van der Waals surface area contributed by atoms with Gasteiger partial charge in [0.25, 0.3) is 0 Å². The maximum atomic E-state index is 12.8. The second-order valence-electron chi connectivity index (χ2n) is 6.91. The maximum Gasteiger partial charge on any atom is 0.322 e. The largest absolute Gasteiger partial charge is 0.361 e. The molecule has 128 valence electrons. The predicted molar refractivity (Wildman–Crippen MR) is 94.2 cm³/mol. The van der Waals surface area contributed by atoms with Gasteiger partial charge in [-0.05, 0) is 43.9 Å². The molecule has 1 aliphatic heterocycles. The van der Waals surface area contributed by atoms with Crippen LogP contribution >= 0.6 is 0 Å². The lowest BCUT2D eigenvalue weighted by molar-refractivity contribution is 0.204. The molecule has 1 aromatic heterocycles. The summed E-state index contributed by atoms with van der Waals surface area (Å²) in [4.78, 5) is 14.6. The van der Waals surface area contributed by atoms with Crippen molar-refractivity contribution in [1.29, 1.82) is 0 Å². The lowest BCUT2D eigenvalue weighted by atomic mass is 10.1. The molecule has 5 heteroatoms. The molecule has 0 saturated carbocycles. The van der Waals surface area contributed by atoms with Crippen molar-refractivity contribution in [2.75, 3.05) is 11.9 Å². The van der Waals surface area contributed by atoms with Gasteiger partial charge in [-0.25, -0.2) is 4.79 Å². The Bertz CT molecular complexity index is 736. The van der Waals surface area contributed by atoms with E-state index in [1.807, 2.05) is 43.0 Å². The summed E-state index contributed by atoms with van der Waals surface area (Å²) in [6.45, 7) is 8.92. The number of aromatic nitrogens is 1. The minimum atomic E-state index is -0.0692. The standard InChI is InChI=1S/C19H25N3O2/c1-12(2)18-11-16(21-24-18)17-6-5-9-22(17)19(23)20-15-10-13(3)7-8-14(15)4/h7-8,10-12,17H,5-6,9H2,1-4H3,(H,20,23). The summed E-state index contributed by atoms with van der Waals surface area (Å²) < 4.78 is 5.41. The zero-order valence-corrected chi connectivity index (χ0v) is 14.8. The molecule has 24 heavy (non-hydrogen) atoms. The summed E-state index contributed by atoms with van der Waals surface area (Å²) >= 11 is 0. The molecule has 1 aliphatic rings. The topological polar surface area (TPSA) is 58.4 Å². The Morgan fingerprint density at radius 3 is 2.83 bits per heavy atom. The summed E-state index contributed by atoms with van der Waals surface area (Å²) in [5.41, 5.74) is 3.92. The average Bonchev–Trinajstić information content (AvgIpc) is 3.18. The van der Waals surface area contributed by atoms with Crippen LogP contribution in [0.5, 0.6) is 0 Å². The van der Waals surface area contributed by atoms with Gasteiger partial charge in [-0.1, -0.05) is 31.1 Å². The van der Waals surface area contributed by atoms with Crippen LogP contribution in [0.25, 0.3) is 0 Å². The van der Waals surface area contributed by atoms with Crippen molar-refractivity contribution >= 4 is 11.7 Å². The Kier molecular flexibility index (Phi) is 4.60. The van der Waals surface area contributed by atoms with Gasteiger partial charge in [-0.2, -0.15) is 0 Å². The van der Waals surface area contributed by atoms with E-state index in [1.54, 1.807) is 0 Å². The van der Waals surface area contributed by atoms with Crippen molar-refractivity contribution in [2.45, 2.75) is 52.5 Å². The number of hydrogen-bond donors (Lipinski definition) is 1. The lowest BCUT2D eigenvalue weighted by Crippen LogP contribution is -2.34. The van der Waals surface area contributed by atoms with Gasteiger partial charge in [0, 0.05) is 24.2 Å². The van der Waals surface area contributed by atoms with Crippen LogP contribution in [0.2, 0.25) is 0 Å². The Hall–Kier alpha value is -2.30. The minimum Gasteiger partial charge on any atom is -0.361 e.